The Balaban J connectivity index is 1.36. The summed E-state index contributed by atoms with van der Waals surface area (Å²) in [6.07, 6.45) is -0.737. The SMILES string of the molecule is O=C(O)CC1CCc2c1[nH]c1ccc(-c3noc(-c4cc(OC(F)(F)F)cc(-n5cncn5)c4)n3)cc21. The lowest BCUT2D eigenvalue weighted by Gasteiger charge is -2.11. The zero-order chi connectivity index (χ0) is 25.7. The van der Waals surface area contributed by atoms with Gasteiger partial charge in [0, 0.05) is 39.7 Å². The number of aliphatic carboxylic acids is 1. The Morgan fingerprint density at radius 1 is 1.22 bits per heavy atom. The van der Waals surface area contributed by atoms with Crippen LogP contribution in [0.1, 0.15) is 30.0 Å². The number of carboxylic acids is 1. The highest BCUT2D eigenvalue weighted by atomic mass is 19.4. The number of hydrogen-bond acceptors (Lipinski definition) is 7. The summed E-state index contributed by atoms with van der Waals surface area (Å²) < 4.78 is 49.5. The van der Waals surface area contributed by atoms with E-state index in [1.807, 2.05) is 12.1 Å². The van der Waals surface area contributed by atoms with Crippen molar-refractivity contribution in [3.8, 4) is 34.3 Å². The lowest BCUT2D eigenvalue weighted by atomic mass is 10.0. The van der Waals surface area contributed by atoms with Crippen LogP contribution in [0.25, 0.3) is 39.4 Å². The fraction of sp³-hybridized carbons (Fsp3) is 0.208. The van der Waals surface area contributed by atoms with Crippen molar-refractivity contribution in [3.05, 3.63) is 60.3 Å². The number of ether oxygens (including phenoxy) is 1. The van der Waals surface area contributed by atoms with Crippen molar-refractivity contribution in [2.75, 3.05) is 0 Å². The molecule has 1 aliphatic rings. The number of carbonyl (C=O) groups is 1. The molecule has 2 aromatic carbocycles. The van der Waals surface area contributed by atoms with Gasteiger partial charge in [0.1, 0.15) is 18.4 Å². The second-order valence-corrected chi connectivity index (χ2v) is 8.64. The smallest absolute Gasteiger partial charge is 0.481 e. The third kappa shape index (κ3) is 4.39. The molecule has 1 aliphatic carbocycles. The van der Waals surface area contributed by atoms with Crippen molar-refractivity contribution in [1.29, 1.82) is 0 Å². The van der Waals surface area contributed by atoms with E-state index in [-0.39, 0.29) is 35.3 Å². The molecule has 0 amide bonds. The number of nitrogens with one attached hydrogen (secondary N) is 1. The Morgan fingerprint density at radius 3 is 2.84 bits per heavy atom. The molecule has 2 N–H and O–H groups in total. The van der Waals surface area contributed by atoms with E-state index in [9.17, 15) is 23.1 Å². The minimum absolute atomic E-state index is 0.00935. The van der Waals surface area contributed by atoms with Gasteiger partial charge in [-0.05, 0) is 48.7 Å². The third-order valence-corrected chi connectivity index (χ3v) is 6.25. The maximum atomic E-state index is 12.9. The fourth-order valence-corrected chi connectivity index (χ4v) is 4.73. The van der Waals surface area contributed by atoms with Crippen molar-refractivity contribution < 1.29 is 32.3 Å². The number of hydrogen-bond donors (Lipinski definition) is 2. The molecule has 1 unspecified atom stereocenters. The number of alkyl halides is 3. The van der Waals surface area contributed by atoms with Crippen molar-refractivity contribution >= 4 is 16.9 Å². The number of aromatic nitrogens is 6. The van der Waals surface area contributed by atoms with Gasteiger partial charge in [0.15, 0.2) is 0 Å². The molecular formula is C24H17F3N6O4. The standard InChI is InChI=1S/C24H17F3N6O4/c25-24(26,27)36-16-6-14(5-15(9-16)33-11-28-10-29-33)23-31-22(32-37-23)13-2-4-19-18(7-13)17-3-1-12(8-20(34)35)21(17)30-19/h2,4-7,9-12,30H,1,3,8H2,(H,34,35). The summed E-state index contributed by atoms with van der Waals surface area (Å²) >= 11 is 0. The Bertz CT molecular complexity index is 1620. The molecule has 0 radical (unpaired) electrons. The zero-order valence-electron chi connectivity index (χ0n) is 18.9. The molecule has 10 nitrogen and oxygen atoms in total. The number of nitrogens with zero attached hydrogens (tertiary/aromatic N) is 5. The molecule has 0 saturated heterocycles. The van der Waals surface area contributed by atoms with Gasteiger partial charge in [-0.25, -0.2) is 9.67 Å². The summed E-state index contributed by atoms with van der Waals surface area (Å²) in [6, 6.07) is 9.39. The molecule has 13 heteroatoms. The first-order chi connectivity index (χ1) is 17.7. The molecule has 37 heavy (non-hydrogen) atoms. The molecule has 188 valence electrons. The van der Waals surface area contributed by atoms with Crippen LogP contribution in [-0.4, -0.2) is 47.3 Å². The summed E-state index contributed by atoms with van der Waals surface area (Å²) in [7, 11) is 0. The molecule has 1 atom stereocenters. The number of carboxylic acid groups (broad SMARTS) is 1. The van der Waals surface area contributed by atoms with Crippen LogP contribution in [0, 0.1) is 0 Å². The topological polar surface area (TPSA) is 132 Å². The number of H-pyrrole nitrogens is 1. The van der Waals surface area contributed by atoms with E-state index >= 15 is 0 Å². The molecule has 0 fully saturated rings. The molecule has 3 aromatic heterocycles. The first kappa shape index (κ1) is 22.8. The molecule has 5 aromatic rings. The van der Waals surface area contributed by atoms with Crippen LogP contribution in [0.3, 0.4) is 0 Å². The lowest BCUT2D eigenvalue weighted by Crippen LogP contribution is -2.17. The predicted molar refractivity (Wildman–Crippen MR) is 122 cm³/mol. The summed E-state index contributed by atoms with van der Waals surface area (Å²) in [5, 5.41) is 18.1. The van der Waals surface area contributed by atoms with Crippen molar-refractivity contribution in [2.24, 2.45) is 0 Å². The first-order valence-corrected chi connectivity index (χ1v) is 11.2. The minimum Gasteiger partial charge on any atom is -0.481 e. The van der Waals surface area contributed by atoms with E-state index in [2.05, 4.69) is 29.9 Å². The van der Waals surface area contributed by atoms with Gasteiger partial charge in [-0.2, -0.15) is 10.1 Å². The number of aromatic amines is 1. The molecule has 0 aliphatic heterocycles. The van der Waals surface area contributed by atoms with Gasteiger partial charge in [-0.1, -0.05) is 5.16 Å². The molecular weight excluding hydrogens is 493 g/mol. The Hall–Kier alpha value is -4.68. The molecule has 0 bridgehead atoms. The molecule has 6 rings (SSSR count). The highest BCUT2D eigenvalue weighted by molar-refractivity contribution is 5.89. The van der Waals surface area contributed by atoms with Crippen LogP contribution in [0.15, 0.2) is 53.6 Å². The second kappa shape index (κ2) is 8.47. The number of fused-ring (bicyclic) bond motifs is 3. The largest absolute Gasteiger partial charge is 0.573 e. The summed E-state index contributed by atoms with van der Waals surface area (Å²) in [5.74, 6) is -1.14. The summed E-state index contributed by atoms with van der Waals surface area (Å²) in [5.41, 5.74) is 3.99. The number of rotatable bonds is 6. The van der Waals surface area contributed by atoms with Gasteiger partial charge in [0.2, 0.25) is 5.82 Å². The first-order valence-electron chi connectivity index (χ1n) is 11.2. The van der Waals surface area contributed by atoms with Gasteiger partial charge in [0.05, 0.1) is 12.1 Å². The van der Waals surface area contributed by atoms with Crippen molar-refractivity contribution in [1.82, 2.24) is 29.9 Å². The van der Waals surface area contributed by atoms with Crippen molar-refractivity contribution in [3.63, 3.8) is 0 Å². The van der Waals surface area contributed by atoms with Crippen LogP contribution < -0.4 is 4.74 Å². The van der Waals surface area contributed by atoms with Crippen LogP contribution in [-0.2, 0) is 11.2 Å². The third-order valence-electron chi connectivity index (χ3n) is 6.25. The van der Waals surface area contributed by atoms with Gasteiger partial charge in [0.25, 0.3) is 5.89 Å². The van der Waals surface area contributed by atoms with Gasteiger partial charge < -0.3 is 19.4 Å². The maximum Gasteiger partial charge on any atom is 0.573 e. The number of benzene rings is 2. The average molecular weight is 510 g/mol. The Kier molecular flexibility index (Phi) is 5.21. The normalized spacial score (nSPS) is 15.3. The average Bonchev–Trinajstić information content (AvgIpc) is 3.62. The Morgan fingerprint density at radius 2 is 2.08 bits per heavy atom. The molecule has 0 saturated carbocycles. The number of halogens is 3. The van der Waals surface area contributed by atoms with E-state index in [0.717, 1.165) is 41.1 Å². The number of aryl methyl sites for hydroxylation is 1. The van der Waals surface area contributed by atoms with Crippen molar-refractivity contribution in [2.45, 2.75) is 31.5 Å². The van der Waals surface area contributed by atoms with E-state index in [1.165, 1.54) is 29.5 Å². The van der Waals surface area contributed by atoms with Crippen LogP contribution in [0.4, 0.5) is 13.2 Å². The Labute approximate surface area is 205 Å². The van der Waals surface area contributed by atoms with Crippen LogP contribution in [0.2, 0.25) is 0 Å². The lowest BCUT2D eigenvalue weighted by molar-refractivity contribution is -0.274. The van der Waals surface area contributed by atoms with E-state index < -0.39 is 18.1 Å². The van der Waals surface area contributed by atoms with Gasteiger partial charge >= 0.3 is 12.3 Å². The van der Waals surface area contributed by atoms with Gasteiger partial charge in [-0.15, -0.1) is 13.2 Å². The summed E-state index contributed by atoms with van der Waals surface area (Å²) in [6.45, 7) is 0. The molecule has 3 heterocycles. The highest BCUT2D eigenvalue weighted by Gasteiger charge is 2.32. The highest BCUT2D eigenvalue weighted by Crippen LogP contribution is 2.40. The van der Waals surface area contributed by atoms with E-state index in [0.29, 0.717) is 5.56 Å². The molecule has 0 spiro atoms. The zero-order valence-corrected chi connectivity index (χ0v) is 18.9. The fourth-order valence-electron chi connectivity index (χ4n) is 4.73. The monoisotopic (exact) mass is 510 g/mol. The van der Waals surface area contributed by atoms with Crippen LogP contribution >= 0.6 is 0 Å². The second-order valence-electron chi connectivity index (χ2n) is 8.64. The maximum absolute atomic E-state index is 12.9. The van der Waals surface area contributed by atoms with Crippen LogP contribution in [0.5, 0.6) is 5.75 Å². The minimum atomic E-state index is -4.89. The van der Waals surface area contributed by atoms with E-state index in [4.69, 9.17) is 4.52 Å². The quantitative estimate of drug-likeness (QED) is 0.331. The predicted octanol–water partition coefficient (Wildman–Crippen LogP) is 4.87. The van der Waals surface area contributed by atoms with E-state index in [1.54, 1.807) is 6.07 Å². The van der Waals surface area contributed by atoms with Gasteiger partial charge in [-0.3, -0.25) is 4.79 Å². The summed E-state index contributed by atoms with van der Waals surface area (Å²) in [4.78, 5) is 22.8.